The van der Waals surface area contributed by atoms with Gasteiger partial charge in [0.15, 0.2) is 5.82 Å². The highest BCUT2D eigenvalue weighted by Gasteiger charge is 2.21. The molecule has 106 valence electrons. The molecule has 1 unspecified atom stereocenters. The van der Waals surface area contributed by atoms with Crippen LogP contribution in [0.1, 0.15) is 17.8 Å². The van der Waals surface area contributed by atoms with Gasteiger partial charge < -0.3 is 10.2 Å². The van der Waals surface area contributed by atoms with Gasteiger partial charge in [-0.25, -0.2) is 0 Å². The van der Waals surface area contributed by atoms with Crippen molar-refractivity contribution >= 4 is 0 Å². The molecule has 0 bridgehead atoms. The largest absolute Gasteiger partial charge is 0.306 e. The average Bonchev–Trinajstić information content (AvgIpc) is 3.16. The zero-order chi connectivity index (χ0) is 13.6. The molecular formula is C14H20N6. The molecule has 1 aromatic heterocycles. The summed E-state index contributed by atoms with van der Waals surface area (Å²) in [5, 5.41) is 17.4. The summed E-state index contributed by atoms with van der Waals surface area (Å²) in [6, 6.07) is 11.2. The summed E-state index contributed by atoms with van der Waals surface area (Å²) in [4.78, 5) is 2.51. The van der Waals surface area contributed by atoms with Crippen LogP contribution in [0.15, 0.2) is 30.3 Å². The van der Waals surface area contributed by atoms with E-state index in [9.17, 15) is 0 Å². The maximum Gasteiger partial charge on any atom is 0.188 e. The molecule has 1 aromatic carbocycles. The Morgan fingerprint density at radius 1 is 1.30 bits per heavy atom. The van der Waals surface area contributed by atoms with Gasteiger partial charge in [0.25, 0.3) is 0 Å². The monoisotopic (exact) mass is 272 g/mol. The number of H-pyrrole nitrogens is 1. The van der Waals surface area contributed by atoms with Gasteiger partial charge in [-0.2, -0.15) is 5.21 Å². The molecule has 0 amide bonds. The highest BCUT2D eigenvalue weighted by molar-refractivity contribution is 5.14. The number of nitrogens with one attached hydrogen (secondary N) is 2. The summed E-state index contributed by atoms with van der Waals surface area (Å²) < 4.78 is 0. The summed E-state index contributed by atoms with van der Waals surface area (Å²) in [5.74, 6) is 0.729. The molecule has 2 aromatic rings. The molecule has 0 radical (unpaired) electrons. The van der Waals surface area contributed by atoms with Crippen LogP contribution in [0.25, 0.3) is 0 Å². The number of aromatic nitrogens is 4. The second kappa shape index (κ2) is 6.58. The van der Waals surface area contributed by atoms with Crippen molar-refractivity contribution in [3.63, 3.8) is 0 Å². The number of benzene rings is 1. The Balaban J connectivity index is 1.38. The van der Waals surface area contributed by atoms with Crippen LogP contribution in [0.5, 0.6) is 0 Å². The van der Waals surface area contributed by atoms with Crippen LogP contribution in [0.3, 0.4) is 0 Å². The molecule has 1 atom stereocenters. The number of aromatic amines is 1. The molecule has 2 N–H and O–H groups in total. The van der Waals surface area contributed by atoms with E-state index in [2.05, 4.69) is 61.2 Å². The molecule has 0 spiro atoms. The van der Waals surface area contributed by atoms with Crippen LogP contribution in [0.2, 0.25) is 0 Å². The fraction of sp³-hybridized carbons (Fsp3) is 0.500. The Bertz CT molecular complexity index is 498. The molecule has 0 saturated carbocycles. The zero-order valence-electron chi connectivity index (χ0n) is 11.5. The van der Waals surface area contributed by atoms with Gasteiger partial charge in [0.1, 0.15) is 0 Å². The highest BCUT2D eigenvalue weighted by atomic mass is 15.5. The number of hydrogen-bond donors (Lipinski definition) is 2. The average molecular weight is 272 g/mol. The molecular weight excluding hydrogens is 252 g/mol. The normalized spacial score (nSPS) is 19.5. The van der Waals surface area contributed by atoms with Gasteiger partial charge in [-0.1, -0.05) is 35.5 Å². The minimum Gasteiger partial charge on any atom is -0.306 e. The quantitative estimate of drug-likeness (QED) is 0.806. The van der Waals surface area contributed by atoms with E-state index < -0.39 is 0 Å². The second-order valence-electron chi connectivity index (χ2n) is 5.23. The maximum absolute atomic E-state index is 3.95. The van der Waals surface area contributed by atoms with E-state index in [1.165, 1.54) is 12.0 Å². The van der Waals surface area contributed by atoms with E-state index in [-0.39, 0.29) is 0 Å². The third-order valence-electron chi connectivity index (χ3n) is 3.77. The predicted octanol–water partition coefficient (Wildman–Crippen LogP) is 0.606. The van der Waals surface area contributed by atoms with Crippen molar-refractivity contribution in [2.45, 2.75) is 25.4 Å². The summed E-state index contributed by atoms with van der Waals surface area (Å²) >= 11 is 0. The van der Waals surface area contributed by atoms with Crippen LogP contribution in [0, 0.1) is 0 Å². The van der Waals surface area contributed by atoms with Gasteiger partial charge in [0, 0.05) is 19.1 Å². The lowest BCUT2D eigenvalue weighted by molar-refractivity contribution is 0.331. The van der Waals surface area contributed by atoms with Crippen molar-refractivity contribution in [1.29, 1.82) is 0 Å². The molecule has 20 heavy (non-hydrogen) atoms. The minimum atomic E-state index is 0.532. The first-order chi connectivity index (χ1) is 9.90. The third-order valence-corrected chi connectivity index (χ3v) is 3.77. The lowest BCUT2D eigenvalue weighted by Gasteiger charge is -2.16. The molecule has 1 fully saturated rings. The van der Waals surface area contributed by atoms with Crippen LogP contribution in [-0.4, -0.2) is 51.2 Å². The van der Waals surface area contributed by atoms with E-state index in [1.807, 2.05) is 0 Å². The molecule has 1 aliphatic heterocycles. The first kappa shape index (κ1) is 13.2. The lowest BCUT2D eigenvalue weighted by Crippen LogP contribution is -2.33. The smallest absolute Gasteiger partial charge is 0.188 e. The molecule has 0 aliphatic carbocycles. The van der Waals surface area contributed by atoms with Crippen LogP contribution in [0.4, 0.5) is 0 Å². The number of hydrogen-bond acceptors (Lipinski definition) is 5. The van der Waals surface area contributed by atoms with Gasteiger partial charge in [-0.05, 0) is 24.9 Å². The van der Waals surface area contributed by atoms with Crippen LogP contribution >= 0.6 is 0 Å². The Morgan fingerprint density at radius 3 is 3.00 bits per heavy atom. The highest BCUT2D eigenvalue weighted by Crippen LogP contribution is 2.11. The standard InChI is InChI=1S/C14H20N6/c1-2-4-12(5-3-1)6-8-20-9-7-13(11-20)15-10-14-16-18-19-17-14/h1-5,13,15H,6-11H2,(H,16,17,18,19). The Labute approximate surface area is 118 Å². The first-order valence-electron chi connectivity index (χ1n) is 7.12. The summed E-state index contributed by atoms with van der Waals surface area (Å²) in [5.41, 5.74) is 1.41. The SMILES string of the molecule is c1ccc(CCN2CCC(NCc3nn[nH]n3)C2)cc1. The predicted molar refractivity (Wildman–Crippen MR) is 76.0 cm³/mol. The van der Waals surface area contributed by atoms with E-state index in [4.69, 9.17) is 0 Å². The zero-order valence-corrected chi connectivity index (χ0v) is 11.5. The number of rotatable bonds is 6. The first-order valence-corrected chi connectivity index (χ1v) is 7.12. The summed E-state index contributed by atoms with van der Waals surface area (Å²) in [6.07, 6.45) is 2.31. The molecule has 1 aliphatic rings. The fourth-order valence-corrected chi connectivity index (χ4v) is 2.63. The topological polar surface area (TPSA) is 69.7 Å². The minimum absolute atomic E-state index is 0.532. The summed E-state index contributed by atoms with van der Waals surface area (Å²) in [6.45, 7) is 4.08. The van der Waals surface area contributed by atoms with Crippen LogP contribution < -0.4 is 5.32 Å². The van der Waals surface area contributed by atoms with Gasteiger partial charge in [-0.15, -0.1) is 10.2 Å². The van der Waals surface area contributed by atoms with Gasteiger partial charge >= 0.3 is 0 Å². The number of nitrogens with zero attached hydrogens (tertiary/aromatic N) is 4. The number of tetrazole rings is 1. The lowest BCUT2D eigenvalue weighted by atomic mass is 10.1. The molecule has 6 nitrogen and oxygen atoms in total. The summed E-state index contributed by atoms with van der Waals surface area (Å²) in [7, 11) is 0. The maximum atomic E-state index is 3.95. The van der Waals surface area contributed by atoms with Crippen molar-refractivity contribution in [3.8, 4) is 0 Å². The number of likely N-dealkylation sites (tertiary alicyclic amines) is 1. The van der Waals surface area contributed by atoms with Crippen LogP contribution in [-0.2, 0) is 13.0 Å². The van der Waals surface area contributed by atoms with Gasteiger partial charge in [0.2, 0.25) is 0 Å². The van der Waals surface area contributed by atoms with E-state index in [0.29, 0.717) is 12.6 Å². The Kier molecular flexibility index (Phi) is 4.35. The Hall–Kier alpha value is -1.79. The molecule has 2 heterocycles. The fourth-order valence-electron chi connectivity index (χ4n) is 2.63. The van der Waals surface area contributed by atoms with Crippen molar-refractivity contribution in [1.82, 2.24) is 30.8 Å². The third kappa shape index (κ3) is 3.61. The van der Waals surface area contributed by atoms with Crippen molar-refractivity contribution in [2.24, 2.45) is 0 Å². The van der Waals surface area contributed by atoms with Gasteiger partial charge in [-0.3, -0.25) is 0 Å². The van der Waals surface area contributed by atoms with Gasteiger partial charge in [0.05, 0.1) is 6.54 Å². The van der Waals surface area contributed by atoms with Crippen molar-refractivity contribution < 1.29 is 0 Å². The molecule has 3 rings (SSSR count). The van der Waals surface area contributed by atoms with E-state index >= 15 is 0 Å². The second-order valence-corrected chi connectivity index (χ2v) is 5.23. The molecule has 6 heteroatoms. The van der Waals surface area contributed by atoms with E-state index in [1.54, 1.807) is 0 Å². The molecule has 1 saturated heterocycles. The van der Waals surface area contributed by atoms with Crippen molar-refractivity contribution in [2.75, 3.05) is 19.6 Å². The van der Waals surface area contributed by atoms with Crippen molar-refractivity contribution in [3.05, 3.63) is 41.7 Å². The Morgan fingerprint density at radius 2 is 2.20 bits per heavy atom. The van der Waals surface area contributed by atoms with E-state index in [0.717, 1.165) is 31.9 Å².